The summed E-state index contributed by atoms with van der Waals surface area (Å²) < 4.78 is 5.42. The van der Waals surface area contributed by atoms with Gasteiger partial charge in [0.15, 0.2) is 5.96 Å². The van der Waals surface area contributed by atoms with Gasteiger partial charge in [-0.3, -0.25) is 9.79 Å². The minimum absolute atomic E-state index is 0.0777. The molecule has 0 saturated carbocycles. The average molecular weight is 286 g/mol. The van der Waals surface area contributed by atoms with Crippen LogP contribution < -0.4 is 16.8 Å². The average Bonchev–Trinajstić information content (AvgIpc) is 2.24. The number of carbonyl (C=O) groups excluding carboxylic acids is 1. The van der Waals surface area contributed by atoms with Gasteiger partial charge in [0.1, 0.15) is 11.6 Å². The smallest absolute Gasteiger partial charge is 0.323 e. The van der Waals surface area contributed by atoms with Gasteiger partial charge in [0.2, 0.25) is 0 Å². The first-order valence-electron chi connectivity index (χ1n) is 7.13. The summed E-state index contributed by atoms with van der Waals surface area (Å²) in [4.78, 5) is 16.0. The van der Waals surface area contributed by atoms with Crippen molar-refractivity contribution < 1.29 is 9.53 Å². The van der Waals surface area contributed by atoms with Crippen LogP contribution in [0.4, 0.5) is 0 Å². The number of hydrogen-bond donors (Lipinski definition) is 3. The third kappa shape index (κ3) is 10.6. The van der Waals surface area contributed by atoms with Gasteiger partial charge in [0, 0.05) is 6.54 Å². The van der Waals surface area contributed by atoms with Crippen LogP contribution in [-0.4, -0.2) is 36.7 Å². The van der Waals surface area contributed by atoms with Gasteiger partial charge in [-0.1, -0.05) is 13.8 Å². The molecule has 0 fully saturated rings. The Labute approximate surface area is 122 Å². The molecule has 0 saturated heterocycles. The van der Waals surface area contributed by atoms with Crippen LogP contribution in [0.25, 0.3) is 0 Å². The zero-order chi connectivity index (χ0) is 15.8. The number of nitrogens with zero attached hydrogens (tertiary/aromatic N) is 1. The van der Waals surface area contributed by atoms with E-state index in [4.69, 9.17) is 16.2 Å². The first kappa shape index (κ1) is 18.7. The molecule has 0 aromatic carbocycles. The second-order valence-electron chi connectivity index (χ2n) is 6.34. The van der Waals surface area contributed by atoms with Crippen molar-refractivity contribution in [3.8, 4) is 0 Å². The molecule has 0 rings (SSSR count). The van der Waals surface area contributed by atoms with Gasteiger partial charge in [0.25, 0.3) is 0 Å². The second-order valence-corrected chi connectivity index (χ2v) is 6.34. The van der Waals surface area contributed by atoms with E-state index in [9.17, 15) is 4.79 Å². The van der Waals surface area contributed by atoms with Crippen molar-refractivity contribution in [1.29, 1.82) is 0 Å². The molecule has 6 nitrogen and oxygen atoms in total. The number of aliphatic imine (C=N–C) groups is 1. The maximum absolute atomic E-state index is 12.1. The van der Waals surface area contributed by atoms with Crippen LogP contribution in [0.15, 0.2) is 4.99 Å². The normalized spacial score (nSPS) is 13.1. The predicted molar refractivity (Wildman–Crippen MR) is 82.4 cm³/mol. The van der Waals surface area contributed by atoms with E-state index in [1.165, 1.54) is 0 Å². The van der Waals surface area contributed by atoms with Crippen LogP contribution in [-0.2, 0) is 9.53 Å². The molecule has 118 valence electrons. The Morgan fingerprint density at radius 2 is 1.90 bits per heavy atom. The number of nitrogens with two attached hydrogens (primary N) is 2. The second kappa shape index (κ2) is 8.79. The Bertz CT molecular complexity index is 318. The first-order valence-corrected chi connectivity index (χ1v) is 7.13. The van der Waals surface area contributed by atoms with E-state index < -0.39 is 5.60 Å². The summed E-state index contributed by atoms with van der Waals surface area (Å²) >= 11 is 0. The summed E-state index contributed by atoms with van der Waals surface area (Å²) in [6.07, 6.45) is 1.38. The Kier molecular flexibility index (Phi) is 8.22. The van der Waals surface area contributed by atoms with E-state index in [1.807, 2.05) is 20.8 Å². The molecule has 20 heavy (non-hydrogen) atoms. The fourth-order valence-electron chi connectivity index (χ4n) is 1.56. The van der Waals surface area contributed by atoms with Crippen molar-refractivity contribution in [2.24, 2.45) is 22.4 Å². The van der Waals surface area contributed by atoms with Crippen molar-refractivity contribution in [3.05, 3.63) is 0 Å². The van der Waals surface area contributed by atoms with E-state index in [-0.39, 0.29) is 18.0 Å². The topological polar surface area (TPSA) is 103 Å². The molecule has 0 amide bonds. The maximum Gasteiger partial charge on any atom is 0.323 e. The summed E-state index contributed by atoms with van der Waals surface area (Å²) in [5, 5.41) is 3.24. The van der Waals surface area contributed by atoms with Crippen molar-refractivity contribution >= 4 is 11.9 Å². The molecule has 5 N–H and O–H groups in total. The molecule has 6 heteroatoms. The van der Waals surface area contributed by atoms with Crippen molar-refractivity contribution in [1.82, 2.24) is 5.32 Å². The molecule has 0 aromatic heterocycles. The summed E-state index contributed by atoms with van der Waals surface area (Å²) in [6, 6.07) is -0.314. The highest BCUT2D eigenvalue weighted by Gasteiger charge is 2.24. The van der Waals surface area contributed by atoms with Crippen LogP contribution in [0.1, 0.15) is 47.5 Å². The van der Waals surface area contributed by atoms with Crippen LogP contribution >= 0.6 is 0 Å². The molecular formula is C14H30N4O2. The van der Waals surface area contributed by atoms with Crippen molar-refractivity contribution in [2.45, 2.75) is 59.1 Å². The largest absolute Gasteiger partial charge is 0.459 e. The Morgan fingerprint density at radius 3 is 2.35 bits per heavy atom. The van der Waals surface area contributed by atoms with E-state index in [0.29, 0.717) is 18.9 Å². The SMILES string of the molecule is CC(C)CNC(CCCN=C(N)N)C(=O)OC(C)(C)C. The molecule has 0 bridgehead atoms. The number of ether oxygens (including phenoxy) is 1. The van der Waals surface area contributed by atoms with Crippen molar-refractivity contribution in [2.75, 3.05) is 13.1 Å². The lowest BCUT2D eigenvalue weighted by atomic mass is 10.1. The molecule has 0 aliphatic heterocycles. The first-order chi connectivity index (χ1) is 9.11. The zero-order valence-electron chi connectivity index (χ0n) is 13.4. The van der Waals surface area contributed by atoms with Gasteiger partial charge in [-0.05, 0) is 46.1 Å². The number of nitrogens with one attached hydrogen (secondary N) is 1. The molecule has 0 aromatic rings. The zero-order valence-corrected chi connectivity index (χ0v) is 13.4. The van der Waals surface area contributed by atoms with Crippen LogP contribution in [0.2, 0.25) is 0 Å². The van der Waals surface area contributed by atoms with E-state index in [2.05, 4.69) is 24.2 Å². The Balaban J connectivity index is 4.40. The lowest BCUT2D eigenvalue weighted by Crippen LogP contribution is -2.42. The fraction of sp³-hybridized carbons (Fsp3) is 0.857. The van der Waals surface area contributed by atoms with Gasteiger partial charge >= 0.3 is 5.97 Å². The summed E-state index contributed by atoms with van der Waals surface area (Å²) in [7, 11) is 0. The van der Waals surface area contributed by atoms with Crippen molar-refractivity contribution in [3.63, 3.8) is 0 Å². The molecule has 0 spiro atoms. The number of hydrogen-bond acceptors (Lipinski definition) is 4. The highest BCUT2D eigenvalue weighted by Crippen LogP contribution is 2.11. The lowest BCUT2D eigenvalue weighted by molar-refractivity contribution is -0.157. The van der Waals surface area contributed by atoms with E-state index >= 15 is 0 Å². The standard InChI is InChI=1S/C14H30N4O2/c1-10(2)9-18-11(7-6-8-17-13(15)16)12(19)20-14(3,4)5/h10-11,18H,6-9H2,1-5H3,(H4,15,16,17). The van der Waals surface area contributed by atoms with Crippen LogP contribution in [0, 0.1) is 5.92 Å². The monoisotopic (exact) mass is 286 g/mol. The van der Waals surface area contributed by atoms with Crippen LogP contribution in [0.5, 0.6) is 0 Å². The van der Waals surface area contributed by atoms with Gasteiger partial charge in [-0.25, -0.2) is 0 Å². The summed E-state index contributed by atoms with van der Waals surface area (Å²) in [5.74, 6) is 0.328. The molecular weight excluding hydrogens is 256 g/mol. The molecule has 0 radical (unpaired) electrons. The van der Waals surface area contributed by atoms with E-state index in [0.717, 1.165) is 13.0 Å². The number of carbonyl (C=O) groups is 1. The number of rotatable bonds is 8. The minimum Gasteiger partial charge on any atom is -0.459 e. The maximum atomic E-state index is 12.1. The quantitative estimate of drug-likeness (QED) is 0.267. The van der Waals surface area contributed by atoms with Gasteiger partial charge in [-0.2, -0.15) is 0 Å². The highest BCUT2D eigenvalue weighted by atomic mass is 16.6. The Hall–Kier alpha value is -1.30. The molecule has 1 unspecified atom stereocenters. The molecule has 0 aliphatic rings. The lowest BCUT2D eigenvalue weighted by Gasteiger charge is -2.25. The van der Waals surface area contributed by atoms with Gasteiger partial charge in [0.05, 0.1) is 0 Å². The predicted octanol–water partition coefficient (Wildman–Crippen LogP) is 0.996. The summed E-state index contributed by atoms with van der Waals surface area (Å²) in [6.45, 7) is 11.1. The summed E-state index contributed by atoms with van der Waals surface area (Å²) in [5.41, 5.74) is 10.1. The number of guanidine groups is 1. The molecule has 1 atom stereocenters. The molecule has 0 aliphatic carbocycles. The highest BCUT2D eigenvalue weighted by molar-refractivity contribution is 5.76. The molecule has 0 heterocycles. The minimum atomic E-state index is -0.477. The van der Waals surface area contributed by atoms with E-state index in [1.54, 1.807) is 0 Å². The number of esters is 1. The van der Waals surface area contributed by atoms with Crippen LogP contribution in [0.3, 0.4) is 0 Å². The fourth-order valence-corrected chi connectivity index (χ4v) is 1.56. The van der Waals surface area contributed by atoms with Gasteiger partial charge in [-0.15, -0.1) is 0 Å². The third-order valence-corrected chi connectivity index (χ3v) is 2.41. The third-order valence-electron chi connectivity index (χ3n) is 2.41. The Morgan fingerprint density at radius 1 is 1.30 bits per heavy atom. The van der Waals surface area contributed by atoms with Gasteiger partial charge < -0.3 is 21.5 Å².